The summed E-state index contributed by atoms with van der Waals surface area (Å²) in [4.78, 5) is 14.8. The highest BCUT2D eigenvalue weighted by molar-refractivity contribution is 6.11. The van der Waals surface area contributed by atoms with Gasteiger partial charge in [-0.2, -0.15) is 5.26 Å². The number of nitriles is 1. The highest BCUT2D eigenvalue weighted by atomic mass is 16.5. The van der Waals surface area contributed by atoms with Crippen LogP contribution in [0.5, 0.6) is 5.75 Å². The fraction of sp³-hybridized carbons (Fsp3) is 0.217. The highest BCUT2D eigenvalue weighted by Crippen LogP contribution is 2.46. The fourth-order valence-electron chi connectivity index (χ4n) is 3.49. The molecule has 1 heterocycles. The molecule has 4 nitrogen and oxygen atoms in total. The molecule has 0 atom stereocenters. The molecule has 0 radical (unpaired) electrons. The van der Waals surface area contributed by atoms with Crippen molar-refractivity contribution < 1.29 is 9.53 Å². The standard InChI is InChI=1S/C23H22N2O2/c1-23(2)19-7-5-6-8-20(19)25(3)22(23)14-21(26)17(15-24)13-16-9-11-18(27-4)12-10-16/h5-14H,1-4H3/b17-13-,22-14+. The first-order valence-electron chi connectivity index (χ1n) is 8.74. The highest BCUT2D eigenvalue weighted by Gasteiger charge is 2.38. The van der Waals surface area contributed by atoms with Gasteiger partial charge in [-0.1, -0.05) is 44.2 Å². The summed E-state index contributed by atoms with van der Waals surface area (Å²) in [5.41, 5.74) is 3.71. The van der Waals surface area contributed by atoms with E-state index >= 15 is 0 Å². The number of carbonyl (C=O) groups is 1. The number of para-hydroxylation sites is 1. The van der Waals surface area contributed by atoms with E-state index in [4.69, 9.17) is 4.74 Å². The van der Waals surface area contributed by atoms with Gasteiger partial charge in [0.15, 0.2) is 5.78 Å². The fourth-order valence-corrected chi connectivity index (χ4v) is 3.49. The van der Waals surface area contributed by atoms with Crippen molar-refractivity contribution >= 4 is 17.5 Å². The molecule has 0 aromatic heterocycles. The number of ketones is 1. The smallest absolute Gasteiger partial charge is 0.198 e. The summed E-state index contributed by atoms with van der Waals surface area (Å²) < 4.78 is 5.13. The molecule has 0 bridgehead atoms. The minimum atomic E-state index is -0.304. The summed E-state index contributed by atoms with van der Waals surface area (Å²) in [7, 11) is 3.55. The number of allylic oxidation sites excluding steroid dienone is 3. The van der Waals surface area contributed by atoms with Crippen LogP contribution in [0.25, 0.3) is 6.08 Å². The molecule has 1 aliphatic rings. The molecule has 3 rings (SSSR count). The average molecular weight is 358 g/mol. The topological polar surface area (TPSA) is 53.3 Å². The predicted octanol–water partition coefficient (Wildman–Crippen LogP) is 4.48. The van der Waals surface area contributed by atoms with E-state index in [0.29, 0.717) is 0 Å². The second kappa shape index (κ2) is 7.13. The third-order valence-corrected chi connectivity index (χ3v) is 5.02. The van der Waals surface area contributed by atoms with E-state index in [1.54, 1.807) is 31.4 Å². The lowest BCUT2D eigenvalue weighted by atomic mass is 9.83. The summed E-state index contributed by atoms with van der Waals surface area (Å²) >= 11 is 0. The number of ether oxygens (including phenoxy) is 1. The number of methoxy groups -OCH3 is 1. The van der Waals surface area contributed by atoms with Crippen molar-refractivity contribution in [3.63, 3.8) is 0 Å². The third-order valence-electron chi connectivity index (χ3n) is 5.02. The van der Waals surface area contributed by atoms with Crippen LogP contribution in [0.15, 0.2) is 65.9 Å². The summed E-state index contributed by atoms with van der Waals surface area (Å²) in [5, 5.41) is 9.50. The summed E-state index contributed by atoms with van der Waals surface area (Å²) in [5.74, 6) is 0.433. The van der Waals surface area contributed by atoms with E-state index in [1.807, 2.05) is 48.3 Å². The zero-order chi connectivity index (χ0) is 19.6. The van der Waals surface area contributed by atoms with Crippen LogP contribution >= 0.6 is 0 Å². The summed E-state index contributed by atoms with van der Waals surface area (Å²) in [6.45, 7) is 4.18. The Balaban J connectivity index is 1.95. The SMILES string of the molecule is COc1ccc(/C=C(/C#N)C(=O)/C=C2/N(C)c3ccccc3C2(C)C)cc1. The minimum absolute atomic E-state index is 0.104. The molecule has 1 aliphatic heterocycles. The molecular formula is C23H22N2O2. The van der Waals surface area contributed by atoms with Crippen molar-refractivity contribution in [2.45, 2.75) is 19.3 Å². The summed E-state index contributed by atoms with van der Waals surface area (Å²) in [6.07, 6.45) is 3.19. The zero-order valence-electron chi connectivity index (χ0n) is 16.0. The van der Waals surface area contributed by atoms with Crippen LogP contribution in [-0.4, -0.2) is 19.9 Å². The first-order valence-corrected chi connectivity index (χ1v) is 8.74. The van der Waals surface area contributed by atoms with Crippen molar-refractivity contribution in [1.82, 2.24) is 0 Å². The summed E-state index contributed by atoms with van der Waals surface area (Å²) in [6, 6.07) is 17.4. The van der Waals surface area contributed by atoms with Crippen molar-refractivity contribution in [3.8, 4) is 11.8 Å². The van der Waals surface area contributed by atoms with Crippen LogP contribution in [0.3, 0.4) is 0 Å². The normalized spacial score (nSPS) is 16.8. The number of rotatable bonds is 4. The van der Waals surface area contributed by atoms with Gasteiger partial charge in [-0.3, -0.25) is 4.79 Å². The Labute approximate surface area is 160 Å². The second-order valence-corrected chi connectivity index (χ2v) is 7.04. The molecule has 0 saturated carbocycles. The Morgan fingerprint density at radius 1 is 1.15 bits per heavy atom. The minimum Gasteiger partial charge on any atom is -0.497 e. The maximum atomic E-state index is 12.8. The van der Waals surface area contributed by atoms with Gasteiger partial charge < -0.3 is 9.64 Å². The van der Waals surface area contributed by atoms with E-state index in [2.05, 4.69) is 19.9 Å². The van der Waals surface area contributed by atoms with Crippen molar-refractivity contribution in [2.75, 3.05) is 19.1 Å². The Morgan fingerprint density at radius 3 is 2.41 bits per heavy atom. The average Bonchev–Trinajstić information content (AvgIpc) is 2.87. The Kier molecular flexibility index (Phi) is 4.87. The molecule has 0 unspecified atom stereocenters. The first kappa shape index (κ1) is 18.5. The number of nitrogens with zero attached hydrogens (tertiary/aromatic N) is 2. The van der Waals surface area contributed by atoms with Crippen LogP contribution in [0.2, 0.25) is 0 Å². The third kappa shape index (κ3) is 3.37. The van der Waals surface area contributed by atoms with Gasteiger partial charge in [0.05, 0.1) is 12.7 Å². The number of carbonyl (C=O) groups excluding carboxylic acids is 1. The zero-order valence-corrected chi connectivity index (χ0v) is 16.0. The van der Waals surface area contributed by atoms with E-state index in [9.17, 15) is 10.1 Å². The van der Waals surface area contributed by atoms with E-state index < -0.39 is 0 Å². The molecule has 0 spiro atoms. The number of hydrogen-bond acceptors (Lipinski definition) is 4. The van der Waals surface area contributed by atoms with E-state index in [1.165, 1.54) is 5.56 Å². The van der Waals surface area contributed by atoms with Crippen LogP contribution in [0, 0.1) is 11.3 Å². The molecule has 2 aromatic rings. The van der Waals surface area contributed by atoms with Crippen molar-refractivity contribution in [1.29, 1.82) is 5.26 Å². The number of anilines is 1. The molecule has 4 heteroatoms. The molecule has 0 fully saturated rings. The van der Waals surface area contributed by atoms with Crippen LogP contribution < -0.4 is 9.64 Å². The number of likely N-dealkylation sites (N-methyl/N-ethyl adjacent to an activating group) is 1. The molecule has 2 aromatic carbocycles. The van der Waals surface area contributed by atoms with E-state index in [-0.39, 0.29) is 16.8 Å². The lowest BCUT2D eigenvalue weighted by Crippen LogP contribution is -2.24. The van der Waals surface area contributed by atoms with Gasteiger partial charge in [0.1, 0.15) is 11.8 Å². The van der Waals surface area contributed by atoms with Gasteiger partial charge in [0.25, 0.3) is 0 Å². The van der Waals surface area contributed by atoms with Gasteiger partial charge in [0.2, 0.25) is 0 Å². The predicted molar refractivity (Wildman–Crippen MR) is 108 cm³/mol. The maximum Gasteiger partial charge on any atom is 0.198 e. The van der Waals surface area contributed by atoms with Gasteiger partial charge in [-0.25, -0.2) is 0 Å². The molecular weight excluding hydrogens is 336 g/mol. The second-order valence-electron chi connectivity index (χ2n) is 7.04. The largest absolute Gasteiger partial charge is 0.497 e. The van der Waals surface area contributed by atoms with Gasteiger partial charge in [-0.15, -0.1) is 0 Å². The molecule has 27 heavy (non-hydrogen) atoms. The first-order chi connectivity index (χ1) is 12.9. The van der Waals surface area contributed by atoms with Gasteiger partial charge in [-0.05, 0) is 35.4 Å². The number of fused-ring (bicyclic) bond motifs is 1. The Hall–Kier alpha value is -3.32. The molecule has 136 valence electrons. The van der Waals surface area contributed by atoms with Gasteiger partial charge in [0, 0.05) is 29.9 Å². The lowest BCUT2D eigenvalue weighted by Gasteiger charge is -2.23. The van der Waals surface area contributed by atoms with Crippen molar-refractivity contribution in [3.05, 3.63) is 77.0 Å². The molecule has 0 aliphatic carbocycles. The quantitative estimate of drug-likeness (QED) is 0.597. The van der Waals surface area contributed by atoms with Crippen LogP contribution in [-0.2, 0) is 10.2 Å². The lowest BCUT2D eigenvalue weighted by molar-refractivity contribution is -0.111. The van der Waals surface area contributed by atoms with Gasteiger partial charge >= 0.3 is 0 Å². The molecule has 0 amide bonds. The molecule has 0 saturated heterocycles. The monoisotopic (exact) mass is 358 g/mol. The Morgan fingerprint density at radius 2 is 1.81 bits per heavy atom. The van der Waals surface area contributed by atoms with E-state index in [0.717, 1.165) is 22.7 Å². The molecule has 0 N–H and O–H groups in total. The maximum absolute atomic E-state index is 12.8. The Bertz CT molecular complexity index is 976. The number of hydrogen-bond donors (Lipinski definition) is 0. The number of benzene rings is 2. The van der Waals surface area contributed by atoms with Crippen LogP contribution in [0.4, 0.5) is 5.69 Å². The van der Waals surface area contributed by atoms with Crippen LogP contribution in [0.1, 0.15) is 25.0 Å². The van der Waals surface area contributed by atoms with Crippen molar-refractivity contribution in [2.24, 2.45) is 0 Å².